The molecule has 3 amide bonds. The minimum atomic E-state index is -0.608. The van der Waals surface area contributed by atoms with Gasteiger partial charge in [0.2, 0.25) is 5.91 Å². The van der Waals surface area contributed by atoms with E-state index in [1.165, 1.54) is 6.08 Å². The molecule has 2 aliphatic heterocycles. The van der Waals surface area contributed by atoms with E-state index in [1.807, 2.05) is 36.4 Å². The predicted octanol–water partition coefficient (Wildman–Crippen LogP) is 5.40. The lowest BCUT2D eigenvalue weighted by molar-refractivity contribution is -0.116. The van der Waals surface area contributed by atoms with Crippen molar-refractivity contribution >= 4 is 35.3 Å². The van der Waals surface area contributed by atoms with Gasteiger partial charge in [0.05, 0.1) is 18.2 Å². The van der Waals surface area contributed by atoms with E-state index in [0.29, 0.717) is 54.9 Å². The lowest BCUT2D eigenvalue weighted by Gasteiger charge is -2.26. The molecule has 0 saturated carbocycles. The zero-order chi connectivity index (χ0) is 31.3. The second kappa shape index (κ2) is 13.5. The number of amides is 3. The molecule has 0 bridgehead atoms. The lowest BCUT2D eigenvalue weighted by atomic mass is 9.99. The third-order valence-corrected chi connectivity index (χ3v) is 7.24. The van der Waals surface area contributed by atoms with E-state index in [9.17, 15) is 14.4 Å². The summed E-state index contributed by atoms with van der Waals surface area (Å²) >= 11 is 6.58. The van der Waals surface area contributed by atoms with Crippen molar-refractivity contribution in [1.29, 1.82) is 0 Å². The van der Waals surface area contributed by atoms with Crippen molar-refractivity contribution < 1.29 is 28.6 Å². The van der Waals surface area contributed by atoms with Crippen LogP contribution in [0.4, 0.5) is 10.6 Å². The molecular formula is C33H35ClN4O6. The number of nitrogens with zero attached hydrogens (tertiary/aromatic N) is 2. The van der Waals surface area contributed by atoms with Crippen molar-refractivity contribution in [3.8, 4) is 16.9 Å². The predicted molar refractivity (Wildman–Crippen MR) is 167 cm³/mol. The molecule has 1 aromatic heterocycles. The van der Waals surface area contributed by atoms with Crippen LogP contribution in [0.2, 0.25) is 5.02 Å². The Morgan fingerprint density at radius 3 is 2.50 bits per heavy atom. The van der Waals surface area contributed by atoms with Crippen LogP contribution in [0.3, 0.4) is 0 Å². The molecule has 0 radical (unpaired) electrons. The number of hydrogen-bond acceptors (Lipinski definition) is 7. The largest absolute Gasteiger partial charge is 0.484 e. The standard InChI is InChI=1S/C33H35ClN4O6/c1-33(2,3)44-32(41)37-28-10-4-21(19-35-28)20-36-29(39)11-9-26-17-25-16-24(18-27(34)30(25)43-26)22-5-7-23(8-6-22)31(40)38-12-14-42-15-13-38/h4-11,16,18-19,26H,12-15,17,20H2,1-3H3,(H,36,39)(H,35,37,41). The van der Waals surface area contributed by atoms with Gasteiger partial charge in [0, 0.05) is 49.5 Å². The number of carbonyl (C=O) groups is 3. The second-order valence-electron chi connectivity index (χ2n) is 11.5. The van der Waals surface area contributed by atoms with Crippen LogP contribution in [0.15, 0.2) is 66.9 Å². The fraction of sp³-hybridized carbons (Fsp3) is 0.333. The fourth-order valence-corrected chi connectivity index (χ4v) is 5.11. The van der Waals surface area contributed by atoms with Crippen molar-refractivity contribution in [2.45, 2.75) is 45.4 Å². The minimum Gasteiger partial charge on any atom is -0.484 e. The summed E-state index contributed by atoms with van der Waals surface area (Å²) in [4.78, 5) is 43.1. The van der Waals surface area contributed by atoms with E-state index in [1.54, 1.807) is 50.1 Å². The Kier molecular flexibility index (Phi) is 9.51. The van der Waals surface area contributed by atoms with Crippen molar-refractivity contribution in [2.24, 2.45) is 0 Å². The molecule has 5 rings (SSSR count). The number of morpholine rings is 1. The maximum Gasteiger partial charge on any atom is 0.413 e. The van der Waals surface area contributed by atoms with Gasteiger partial charge in [-0.1, -0.05) is 29.8 Å². The number of hydrogen-bond donors (Lipinski definition) is 2. The summed E-state index contributed by atoms with van der Waals surface area (Å²) in [7, 11) is 0. The number of carbonyl (C=O) groups excluding carboxylic acids is 3. The first-order chi connectivity index (χ1) is 21.0. The summed E-state index contributed by atoms with van der Waals surface area (Å²) in [6.45, 7) is 7.92. The molecule has 2 aromatic carbocycles. The van der Waals surface area contributed by atoms with Crippen LogP contribution in [0, 0.1) is 0 Å². The number of pyridine rings is 1. The fourth-order valence-electron chi connectivity index (χ4n) is 4.83. The molecular weight excluding hydrogens is 584 g/mol. The van der Waals surface area contributed by atoms with Crippen molar-refractivity contribution in [3.05, 3.63) is 88.6 Å². The summed E-state index contributed by atoms with van der Waals surface area (Å²) < 4.78 is 16.6. The Hall–Kier alpha value is -4.41. The first-order valence-electron chi connectivity index (χ1n) is 14.4. The van der Waals surface area contributed by atoms with Gasteiger partial charge in [0.15, 0.2) is 0 Å². The number of nitrogens with one attached hydrogen (secondary N) is 2. The van der Waals surface area contributed by atoms with Crippen LogP contribution >= 0.6 is 11.6 Å². The molecule has 1 fully saturated rings. The topological polar surface area (TPSA) is 119 Å². The molecule has 3 aromatic rings. The zero-order valence-corrected chi connectivity index (χ0v) is 25.6. The first kappa shape index (κ1) is 31.0. The maximum atomic E-state index is 12.8. The molecule has 2 N–H and O–H groups in total. The van der Waals surface area contributed by atoms with Gasteiger partial charge in [-0.15, -0.1) is 0 Å². The maximum absolute atomic E-state index is 12.8. The van der Waals surface area contributed by atoms with Crippen molar-refractivity contribution in [2.75, 3.05) is 31.6 Å². The minimum absolute atomic E-state index is 0.000989. The van der Waals surface area contributed by atoms with E-state index in [4.69, 9.17) is 25.8 Å². The first-order valence-corrected chi connectivity index (χ1v) is 14.8. The molecule has 3 heterocycles. The molecule has 11 heteroatoms. The van der Waals surface area contributed by atoms with Crippen LogP contribution in [0.1, 0.15) is 42.3 Å². The number of anilines is 1. The van der Waals surface area contributed by atoms with E-state index in [2.05, 4.69) is 15.6 Å². The summed E-state index contributed by atoms with van der Waals surface area (Å²) in [5.41, 5.74) is 3.61. The molecule has 44 heavy (non-hydrogen) atoms. The lowest BCUT2D eigenvalue weighted by Crippen LogP contribution is -2.40. The number of benzene rings is 2. The average molecular weight is 619 g/mol. The van der Waals surface area contributed by atoms with Crippen LogP contribution < -0.4 is 15.4 Å². The van der Waals surface area contributed by atoms with Crippen molar-refractivity contribution in [3.63, 3.8) is 0 Å². The van der Waals surface area contributed by atoms with Gasteiger partial charge >= 0.3 is 6.09 Å². The zero-order valence-electron chi connectivity index (χ0n) is 24.9. The monoisotopic (exact) mass is 618 g/mol. The normalized spacial score (nSPS) is 16.3. The summed E-state index contributed by atoms with van der Waals surface area (Å²) in [6, 6.07) is 14.8. The van der Waals surface area contributed by atoms with Gasteiger partial charge in [-0.05, 0) is 73.9 Å². The molecule has 1 saturated heterocycles. The highest BCUT2D eigenvalue weighted by Crippen LogP contribution is 2.40. The highest BCUT2D eigenvalue weighted by atomic mass is 35.5. The number of halogens is 1. The van der Waals surface area contributed by atoms with E-state index in [-0.39, 0.29) is 24.5 Å². The molecule has 230 valence electrons. The Bertz CT molecular complexity index is 1540. The van der Waals surface area contributed by atoms with Crippen molar-refractivity contribution in [1.82, 2.24) is 15.2 Å². The third kappa shape index (κ3) is 8.15. The Morgan fingerprint density at radius 2 is 1.82 bits per heavy atom. The molecule has 0 aliphatic carbocycles. The van der Waals surface area contributed by atoms with Gasteiger partial charge in [0.25, 0.3) is 5.91 Å². The average Bonchev–Trinajstić information content (AvgIpc) is 3.43. The molecule has 1 atom stereocenters. The Morgan fingerprint density at radius 1 is 1.07 bits per heavy atom. The van der Waals surface area contributed by atoms with E-state index < -0.39 is 11.7 Å². The van der Waals surface area contributed by atoms with Crippen LogP contribution in [0.25, 0.3) is 11.1 Å². The number of aromatic nitrogens is 1. The summed E-state index contributed by atoms with van der Waals surface area (Å²) in [5, 5.41) is 5.88. The molecule has 2 aliphatic rings. The quantitative estimate of drug-likeness (QED) is 0.341. The number of ether oxygens (including phenoxy) is 3. The molecule has 1 unspecified atom stereocenters. The smallest absolute Gasteiger partial charge is 0.413 e. The van der Waals surface area contributed by atoms with Crippen LogP contribution in [-0.2, 0) is 27.2 Å². The van der Waals surface area contributed by atoms with Gasteiger partial charge in [-0.25, -0.2) is 9.78 Å². The van der Waals surface area contributed by atoms with Gasteiger partial charge in [-0.2, -0.15) is 0 Å². The number of fused-ring (bicyclic) bond motifs is 1. The SMILES string of the molecule is CC(C)(C)OC(=O)Nc1ccc(CNC(=O)C=CC2Cc3cc(-c4ccc(C(=O)N5CCOCC5)cc4)cc(Cl)c3O2)cn1. The highest BCUT2D eigenvalue weighted by Gasteiger charge is 2.25. The van der Waals surface area contributed by atoms with E-state index in [0.717, 1.165) is 22.3 Å². The summed E-state index contributed by atoms with van der Waals surface area (Å²) in [6.07, 6.45) is 4.37. The van der Waals surface area contributed by atoms with Gasteiger partial charge in [0.1, 0.15) is 23.3 Å². The Labute approximate surface area is 261 Å². The molecule has 10 nitrogen and oxygen atoms in total. The highest BCUT2D eigenvalue weighted by molar-refractivity contribution is 6.32. The summed E-state index contributed by atoms with van der Waals surface area (Å²) in [5.74, 6) is 0.681. The van der Waals surface area contributed by atoms with Crippen LogP contribution in [0.5, 0.6) is 5.75 Å². The molecule has 0 spiro atoms. The third-order valence-electron chi connectivity index (χ3n) is 6.96. The number of rotatable bonds is 7. The van der Waals surface area contributed by atoms with E-state index >= 15 is 0 Å². The van der Waals surface area contributed by atoms with Gasteiger partial charge < -0.3 is 24.4 Å². The van der Waals surface area contributed by atoms with Crippen LogP contribution in [-0.4, -0.2) is 65.8 Å². The Balaban J connectivity index is 1.12. The second-order valence-corrected chi connectivity index (χ2v) is 12.0. The van der Waals surface area contributed by atoms with Gasteiger partial charge in [-0.3, -0.25) is 14.9 Å².